The van der Waals surface area contributed by atoms with Crippen molar-refractivity contribution in [2.75, 3.05) is 0 Å². The van der Waals surface area contributed by atoms with E-state index < -0.39 is 5.60 Å². The van der Waals surface area contributed by atoms with Gasteiger partial charge < -0.3 is 5.11 Å². The van der Waals surface area contributed by atoms with Crippen molar-refractivity contribution in [1.29, 1.82) is 0 Å². The third-order valence-electron chi connectivity index (χ3n) is 3.54. The minimum atomic E-state index is -1.16. The third kappa shape index (κ3) is 2.82. The van der Waals surface area contributed by atoms with Crippen LogP contribution in [-0.2, 0) is 12.0 Å². The zero-order valence-electron chi connectivity index (χ0n) is 11.4. The number of fused-ring (bicyclic) bond motifs is 1. The van der Waals surface area contributed by atoms with E-state index >= 15 is 0 Å². The highest BCUT2D eigenvalue weighted by atomic mass is 35.5. The van der Waals surface area contributed by atoms with Crippen molar-refractivity contribution in [2.45, 2.75) is 18.9 Å². The van der Waals surface area contributed by atoms with E-state index in [0.717, 1.165) is 15.0 Å². The number of benzene rings is 2. The topological polar surface area (TPSA) is 20.2 Å². The molecule has 0 saturated heterocycles. The van der Waals surface area contributed by atoms with Gasteiger partial charge in [-0.25, -0.2) is 4.39 Å². The third-order valence-corrected chi connectivity index (χ3v) is 5.26. The fraction of sp³-hybridized carbons (Fsp3) is 0.176. The van der Waals surface area contributed by atoms with Crippen LogP contribution in [0, 0.1) is 5.82 Å². The van der Waals surface area contributed by atoms with Crippen molar-refractivity contribution >= 4 is 33.0 Å². The number of thiophene rings is 1. The Labute approximate surface area is 131 Å². The summed E-state index contributed by atoms with van der Waals surface area (Å²) in [7, 11) is 0. The van der Waals surface area contributed by atoms with Crippen LogP contribution in [0.2, 0.25) is 5.02 Å². The molecule has 2 aromatic carbocycles. The summed E-state index contributed by atoms with van der Waals surface area (Å²) in [5.41, 5.74) is -0.808. The monoisotopic (exact) mass is 320 g/mol. The van der Waals surface area contributed by atoms with Crippen molar-refractivity contribution in [3.05, 3.63) is 69.8 Å². The predicted molar refractivity (Wildman–Crippen MR) is 86.5 cm³/mol. The molecule has 0 aliphatic rings. The van der Waals surface area contributed by atoms with Crippen LogP contribution in [0.5, 0.6) is 0 Å². The quantitative estimate of drug-likeness (QED) is 0.708. The normalized spacial score (nSPS) is 14.3. The van der Waals surface area contributed by atoms with Gasteiger partial charge in [0.1, 0.15) is 11.4 Å². The molecule has 0 aliphatic carbocycles. The van der Waals surface area contributed by atoms with Crippen LogP contribution in [0.3, 0.4) is 0 Å². The van der Waals surface area contributed by atoms with E-state index in [1.165, 1.54) is 17.4 Å². The smallest absolute Gasteiger partial charge is 0.128 e. The van der Waals surface area contributed by atoms with Gasteiger partial charge in [-0.15, -0.1) is 11.3 Å². The molecule has 1 atom stereocenters. The Balaban J connectivity index is 2.00. The highest BCUT2D eigenvalue weighted by Gasteiger charge is 2.28. The molecule has 3 aromatic rings. The summed E-state index contributed by atoms with van der Waals surface area (Å²) < 4.78 is 15.0. The molecule has 0 bridgehead atoms. The summed E-state index contributed by atoms with van der Waals surface area (Å²) in [4.78, 5) is 0.808. The Kier molecular flexibility index (Phi) is 3.74. The van der Waals surface area contributed by atoms with E-state index in [4.69, 9.17) is 11.6 Å². The first-order chi connectivity index (χ1) is 9.97. The molecule has 0 saturated carbocycles. The van der Waals surface area contributed by atoms with Gasteiger partial charge in [0.2, 0.25) is 0 Å². The van der Waals surface area contributed by atoms with Gasteiger partial charge in [-0.1, -0.05) is 35.9 Å². The number of halogens is 2. The lowest BCUT2D eigenvalue weighted by Gasteiger charge is -2.22. The van der Waals surface area contributed by atoms with Gasteiger partial charge in [-0.05, 0) is 36.6 Å². The summed E-state index contributed by atoms with van der Waals surface area (Å²) in [5.74, 6) is -0.385. The van der Waals surface area contributed by atoms with Crippen LogP contribution in [0.1, 0.15) is 17.4 Å². The number of hydrogen-bond donors (Lipinski definition) is 1. The fourth-order valence-corrected chi connectivity index (χ4v) is 3.72. The van der Waals surface area contributed by atoms with Crippen molar-refractivity contribution in [3.8, 4) is 0 Å². The lowest BCUT2D eigenvalue weighted by atomic mass is 9.94. The van der Waals surface area contributed by atoms with Gasteiger partial charge in [0.05, 0.1) is 0 Å². The summed E-state index contributed by atoms with van der Waals surface area (Å²) in [6, 6.07) is 14.5. The highest BCUT2D eigenvalue weighted by Crippen LogP contribution is 2.36. The van der Waals surface area contributed by atoms with Crippen molar-refractivity contribution in [2.24, 2.45) is 0 Å². The maximum atomic E-state index is 13.9. The van der Waals surface area contributed by atoms with Crippen molar-refractivity contribution < 1.29 is 9.50 Å². The molecule has 3 rings (SSSR count). The van der Waals surface area contributed by atoms with E-state index in [2.05, 4.69) is 0 Å². The zero-order chi connectivity index (χ0) is 15.0. The van der Waals surface area contributed by atoms with Gasteiger partial charge in [0, 0.05) is 26.6 Å². The Bertz CT molecular complexity index is 741. The summed E-state index contributed by atoms with van der Waals surface area (Å²) >= 11 is 7.57. The molecule has 0 aliphatic heterocycles. The first kappa shape index (κ1) is 14.5. The zero-order valence-corrected chi connectivity index (χ0v) is 13.0. The first-order valence-corrected chi connectivity index (χ1v) is 7.81. The van der Waals surface area contributed by atoms with E-state index in [1.807, 2.05) is 30.3 Å². The van der Waals surface area contributed by atoms with Gasteiger partial charge in [0.25, 0.3) is 0 Å². The molecular formula is C17H14ClFOS. The lowest BCUT2D eigenvalue weighted by Crippen LogP contribution is -2.23. The van der Waals surface area contributed by atoms with Crippen LogP contribution in [0.4, 0.5) is 4.39 Å². The van der Waals surface area contributed by atoms with Gasteiger partial charge >= 0.3 is 0 Å². The molecule has 0 fully saturated rings. The molecule has 108 valence electrons. The number of hydrogen-bond acceptors (Lipinski definition) is 2. The summed E-state index contributed by atoms with van der Waals surface area (Å²) in [5, 5.41) is 12.2. The SMILES string of the molecule is CC(O)(Cc1c(F)cccc1Cl)c1cc2ccccc2s1. The second-order valence-corrected chi connectivity index (χ2v) is 6.79. The Morgan fingerprint density at radius 2 is 1.95 bits per heavy atom. The summed E-state index contributed by atoms with van der Waals surface area (Å²) in [6.07, 6.45) is 0.144. The molecule has 1 nitrogen and oxygen atoms in total. The molecule has 0 amide bonds. The van der Waals surface area contributed by atoms with Crippen LogP contribution < -0.4 is 0 Å². The Hall–Kier alpha value is -1.42. The van der Waals surface area contributed by atoms with Crippen molar-refractivity contribution in [3.63, 3.8) is 0 Å². The predicted octanol–water partition coefficient (Wildman–Crippen LogP) is 5.14. The maximum Gasteiger partial charge on any atom is 0.128 e. The van der Waals surface area contributed by atoms with Crippen LogP contribution in [-0.4, -0.2) is 5.11 Å². The molecule has 4 heteroatoms. The second-order valence-electron chi connectivity index (χ2n) is 5.30. The molecule has 21 heavy (non-hydrogen) atoms. The van der Waals surface area contributed by atoms with E-state index in [1.54, 1.807) is 19.1 Å². The van der Waals surface area contributed by atoms with Crippen LogP contribution in [0.25, 0.3) is 10.1 Å². The first-order valence-electron chi connectivity index (χ1n) is 6.62. The van der Waals surface area contributed by atoms with E-state index in [-0.39, 0.29) is 12.2 Å². The average molecular weight is 321 g/mol. The Morgan fingerprint density at radius 3 is 2.67 bits per heavy atom. The van der Waals surface area contributed by atoms with Gasteiger partial charge in [0.15, 0.2) is 0 Å². The molecular weight excluding hydrogens is 307 g/mol. The highest BCUT2D eigenvalue weighted by molar-refractivity contribution is 7.19. The van der Waals surface area contributed by atoms with Gasteiger partial charge in [-0.3, -0.25) is 0 Å². The molecule has 0 radical (unpaired) electrons. The second kappa shape index (κ2) is 5.41. The fourth-order valence-electron chi connectivity index (χ4n) is 2.38. The maximum absolute atomic E-state index is 13.9. The molecule has 1 unspecified atom stereocenters. The van der Waals surface area contributed by atoms with E-state index in [9.17, 15) is 9.50 Å². The van der Waals surface area contributed by atoms with E-state index in [0.29, 0.717) is 10.6 Å². The largest absolute Gasteiger partial charge is 0.384 e. The standard InChI is InChI=1S/C17H14ClFOS/c1-17(20,10-12-13(18)6-4-7-14(12)19)16-9-11-5-2-3-8-15(11)21-16/h2-9,20H,10H2,1H3. The van der Waals surface area contributed by atoms with Crippen LogP contribution >= 0.6 is 22.9 Å². The average Bonchev–Trinajstić information content (AvgIpc) is 2.88. The van der Waals surface area contributed by atoms with Gasteiger partial charge in [-0.2, -0.15) is 0 Å². The molecule has 1 N–H and O–H groups in total. The molecule has 1 heterocycles. The number of aliphatic hydroxyl groups is 1. The lowest BCUT2D eigenvalue weighted by molar-refractivity contribution is 0.0606. The van der Waals surface area contributed by atoms with Crippen LogP contribution in [0.15, 0.2) is 48.5 Å². The van der Waals surface area contributed by atoms with Crippen molar-refractivity contribution in [1.82, 2.24) is 0 Å². The Morgan fingerprint density at radius 1 is 1.19 bits per heavy atom. The minimum absolute atomic E-state index is 0.144. The molecule has 1 aromatic heterocycles. The number of rotatable bonds is 3. The molecule has 0 spiro atoms. The summed E-state index contributed by atoms with van der Waals surface area (Å²) in [6.45, 7) is 1.69. The minimum Gasteiger partial charge on any atom is -0.384 e.